The van der Waals surface area contributed by atoms with Crippen molar-refractivity contribution in [1.29, 1.82) is 0 Å². The van der Waals surface area contributed by atoms with Gasteiger partial charge in [0, 0.05) is 0 Å². The topological polar surface area (TPSA) is 12.4 Å². The van der Waals surface area contributed by atoms with E-state index < -0.39 is 0 Å². The Balaban J connectivity index is 2.47. The van der Waals surface area contributed by atoms with Crippen LogP contribution in [0.15, 0.2) is 45.5 Å². The molecular weight excluding hydrogens is 242 g/mol. The number of rotatable bonds is 2. The summed E-state index contributed by atoms with van der Waals surface area (Å²) in [6, 6.07) is 6.28. The van der Waals surface area contributed by atoms with Crippen LogP contribution in [-0.2, 0) is 0 Å². The Morgan fingerprint density at radius 2 is 1.30 bits per heavy atom. The number of hydrogen-bond acceptors (Lipinski definition) is 1. The van der Waals surface area contributed by atoms with Crippen LogP contribution in [0.4, 0.5) is 5.69 Å². The van der Waals surface area contributed by atoms with Gasteiger partial charge >= 0.3 is 0 Å². The van der Waals surface area contributed by atoms with Crippen LogP contribution in [0, 0.1) is 19.3 Å². The Hall–Kier alpha value is -1.63. The molecule has 2 rings (SSSR count). The lowest BCUT2D eigenvalue weighted by molar-refractivity contribution is 0.688. The molecule has 0 atom stereocenters. The summed E-state index contributed by atoms with van der Waals surface area (Å²) in [5, 5.41) is 0. The van der Waals surface area contributed by atoms with E-state index in [0.717, 1.165) is 5.69 Å². The predicted octanol–water partition coefficient (Wildman–Crippen LogP) is 5.58. The normalized spacial score (nSPS) is 18.6. The van der Waals surface area contributed by atoms with E-state index in [-0.39, 0.29) is 5.41 Å². The van der Waals surface area contributed by atoms with Crippen molar-refractivity contribution in [2.24, 2.45) is 10.4 Å². The van der Waals surface area contributed by atoms with Crippen molar-refractivity contribution in [2.75, 3.05) is 0 Å². The van der Waals surface area contributed by atoms with E-state index in [1.807, 2.05) is 0 Å². The second-order valence-corrected chi connectivity index (χ2v) is 6.09. The first-order valence-electron chi connectivity index (χ1n) is 7.19. The zero-order valence-corrected chi connectivity index (χ0v) is 13.7. The molecule has 1 aromatic rings. The second kappa shape index (κ2) is 5.05. The third kappa shape index (κ3) is 2.15. The van der Waals surface area contributed by atoms with Gasteiger partial charge in [-0.1, -0.05) is 55.8 Å². The molecular formula is C19H24N-. The SMILES string of the molecule is CC1=C(C)C(C)([C-]=Nc2c(C)cccc2C)C(C)=C1C. The minimum atomic E-state index is -0.164. The van der Waals surface area contributed by atoms with Crippen LogP contribution in [0.1, 0.15) is 45.7 Å². The summed E-state index contributed by atoms with van der Waals surface area (Å²) in [5.74, 6) is 0. The summed E-state index contributed by atoms with van der Waals surface area (Å²) in [6.07, 6.45) is 3.43. The molecule has 0 bridgehead atoms. The van der Waals surface area contributed by atoms with Gasteiger partial charge in [-0.05, 0) is 44.3 Å². The average Bonchev–Trinajstić information content (AvgIpc) is 2.55. The van der Waals surface area contributed by atoms with Gasteiger partial charge in [0.1, 0.15) is 0 Å². The van der Waals surface area contributed by atoms with Crippen LogP contribution in [-0.4, -0.2) is 6.21 Å². The average molecular weight is 266 g/mol. The lowest BCUT2D eigenvalue weighted by Gasteiger charge is -2.31. The molecule has 106 valence electrons. The molecule has 20 heavy (non-hydrogen) atoms. The molecule has 1 aliphatic carbocycles. The first kappa shape index (κ1) is 14.8. The highest BCUT2D eigenvalue weighted by molar-refractivity contribution is 5.81. The highest BCUT2D eigenvalue weighted by Gasteiger charge is 2.30. The van der Waals surface area contributed by atoms with Crippen molar-refractivity contribution >= 4 is 11.9 Å². The van der Waals surface area contributed by atoms with Gasteiger partial charge in [0.05, 0.1) is 0 Å². The Morgan fingerprint density at radius 3 is 1.75 bits per heavy atom. The Morgan fingerprint density at radius 1 is 0.850 bits per heavy atom. The number of hydrogen-bond donors (Lipinski definition) is 0. The largest absolute Gasteiger partial charge is 0.454 e. The third-order valence-electron chi connectivity index (χ3n) is 5.02. The van der Waals surface area contributed by atoms with Gasteiger partial charge in [-0.15, -0.1) is 11.1 Å². The van der Waals surface area contributed by atoms with Gasteiger partial charge < -0.3 is 4.99 Å². The molecule has 0 aliphatic heterocycles. The zero-order valence-electron chi connectivity index (χ0n) is 13.7. The molecule has 1 nitrogen and oxygen atoms in total. The van der Waals surface area contributed by atoms with E-state index in [0.29, 0.717) is 0 Å². The molecule has 0 aromatic heterocycles. The van der Waals surface area contributed by atoms with Crippen molar-refractivity contribution < 1.29 is 0 Å². The molecule has 1 aliphatic rings. The van der Waals surface area contributed by atoms with Gasteiger partial charge in [-0.25, -0.2) is 0 Å². The standard InChI is InChI=1S/C19H24N/c1-12-9-8-10-13(2)18(12)20-11-19(7)16(5)14(3)15(4)17(19)6/h8-10H,1-7H3/q-1. The molecule has 0 amide bonds. The summed E-state index contributed by atoms with van der Waals surface area (Å²) >= 11 is 0. The first-order chi connectivity index (χ1) is 9.29. The fraction of sp³-hybridized carbons (Fsp3) is 0.421. The lowest BCUT2D eigenvalue weighted by atomic mass is 9.80. The summed E-state index contributed by atoms with van der Waals surface area (Å²) in [7, 11) is 0. The molecule has 0 fully saturated rings. The van der Waals surface area contributed by atoms with E-state index in [1.54, 1.807) is 0 Å². The second-order valence-electron chi connectivity index (χ2n) is 6.09. The Bertz CT molecular complexity index is 597. The number of aryl methyl sites for hydroxylation is 2. The monoisotopic (exact) mass is 266 g/mol. The molecule has 0 N–H and O–H groups in total. The van der Waals surface area contributed by atoms with E-state index in [2.05, 4.69) is 72.9 Å². The Kier molecular flexibility index (Phi) is 3.73. The van der Waals surface area contributed by atoms with Gasteiger partial charge in [-0.2, -0.15) is 6.21 Å². The molecule has 0 unspecified atom stereocenters. The van der Waals surface area contributed by atoms with Crippen molar-refractivity contribution in [3.05, 3.63) is 51.6 Å². The molecule has 0 saturated carbocycles. The fourth-order valence-corrected chi connectivity index (χ4v) is 2.91. The van der Waals surface area contributed by atoms with Crippen LogP contribution < -0.4 is 0 Å². The van der Waals surface area contributed by atoms with E-state index in [9.17, 15) is 0 Å². The summed E-state index contributed by atoms with van der Waals surface area (Å²) in [5.41, 5.74) is 8.79. The number of aliphatic imine (C=N–C) groups is 1. The zero-order chi connectivity index (χ0) is 15.1. The highest BCUT2D eigenvalue weighted by Crippen LogP contribution is 2.45. The molecule has 0 spiro atoms. The van der Waals surface area contributed by atoms with Crippen molar-refractivity contribution in [2.45, 2.75) is 48.5 Å². The number of para-hydroxylation sites is 1. The molecule has 0 radical (unpaired) electrons. The van der Waals surface area contributed by atoms with Crippen LogP contribution in [0.2, 0.25) is 0 Å². The minimum absolute atomic E-state index is 0.164. The molecule has 1 aromatic carbocycles. The van der Waals surface area contributed by atoms with Crippen molar-refractivity contribution in [3.63, 3.8) is 0 Å². The van der Waals surface area contributed by atoms with Gasteiger partial charge in [0.15, 0.2) is 0 Å². The van der Waals surface area contributed by atoms with Crippen LogP contribution in [0.5, 0.6) is 0 Å². The van der Waals surface area contributed by atoms with Crippen LogP contribution in [0.25, 0.3) is 0 Å². The lowest BCUT2D eigenvalue weighted by Crippen LogP contribution is -2.19. The van der Waals surface area contributed by atoms with E-state index >= 15 is 0 Å². The Labute approximate surface area is 123 Å². The van der Waals surface area contributed by atoms with Crippen molar-refractivity contribution in [1.82, 2.24) is 0 Å². The van der Waals surface area contributed by atoms with Gasteiger partial charge in [0.25, 0.3) is 0 Å². The summed E-state index contributed by atoms with van der Waals surface area (Å²) < 4.78 is 0. The van der Waals surface area contributed by atoms with E-state index in [1.165, 1.54) is 33.4 Å². The van der Waals surface area contributed by atoms with Crippen LogP contribution in [0.3, 0.4) is 0 Å². The van der Waals surface area contributed by atoms with Crippen LogP contribution >= 0.6 is 0 Å². The van der Waals surface area contributed by atoms with Gasteiger partial charge in [-0.3, -0.25) is 0 Å². The number of nitrogens with zero attached hydrogens (tertiary/aromatic N) is 1. The quantitative estimate of drug-likeness (QED) is 0.490. The number of allylic oxidation sites excluding steroid dienone is 4. The summed E-state index contributed by atoms with van der Waals surface area (Å²) in [4.78, 5) is 4.71. The third-order valence-corrected chi connectivity index (χ3v) is 5.02. The number of benzene rings is 1. The fourth-order valence-electron chi connectivity index (χ4n) is 2.91. The van der Waals surface area contributed by atoms with E-state index in [4.69, 9.17) is 4.99 Å². The summed E-state index contributed by atoms with van der Waals surface area (Å²) in [6.45, 7) is 15.2. The molecule has 0 heterocycles. The minimum Gasteiger partial charge on any atom is -0.454 e. The van der Waals surface area contributed by atoms with Gasteiger partial charge in [0.2, 0.25) is 0 Å². The maximum atomic E-state index is 4.71. The maximum absolute atomic E-state index is 4.71. The molecule has 0 saturated heterocycles. The molecule has 1 heteroatoms. The first-order valence-corrected chi connectivity index (χ1v) is 7.19. The predicted molar refractivity (Wildman–Crippen MR) is 87.9 cm³/mol. The van der Waals surface area contributed by atoms with Crippen molar-refractivity contribution in [3.8, 4) is 0 Å². The maximum Gasteiger partial charge on any atom is -0.0293 e. The highest BCUT2D eigenvalue weighted by atomic mass is 14.7. The smallest absolute Gasteiger partial charge is 0.0293 e.